The van der Waals surface area contributed by atoms with Gasteiger partial charge in [-0.2, -0.15) is 18.3 Å². The fourth-order valence-electron chi connectivity index (χ4n) is 3.45. The molecular formula is C23H21F3N4O4. The summed E-state index contributed by atoms with van der Waals surface area (Å²) in [7, 11) is 0. The molecule has 1 saturated carbocycles. The average molecular weight is 474 g/mol. The Morgan fingerprint density at radius 3 is 2.50 bits per heavy atom. The molecule has 0 spiro atoms. The topological polar surface area (TPSA) is 99.3 Å². The van der Waals surface area contributed by atoms with Gasteiger partial charge in [-0.25, -0.2) is 0 Å². The predicted molar refractivity (Wildman–Crippen MR) is 117 cm³/mol. The van der Waals surface area contributed by atoms with E-state index in [9.17, 15) is 28.1 Å². The van der Waals surface area contributed by atoms with Crippen LogP contribution in [0.25, 0.3) is 0 Å². The summed E-state index contributed by atoms with van der Waals surface area (Å²) in [4.78, 5) is 23.2. The number of hydrogen-bond donors (Lipinski definition) is 1. The zero-order valence-corrected chi connectivity index (χ0v) is 18.1. The molecule has 1 aliphatic rings. The molecule has 1 heterocycles. The second-order valence-corrected chi connectivity index (χ2v) is 8.14. The quantitative estimate of drug-likeness (QED) is 0.328. The number of alkyl halides is 3. The minimum atomic E-state index is -4.56. The van der Waals surface area contributed by atoms with Crippen molar-refractivity contribution < 1.29 is 27.6 Å². The van der Waals surface area contributed by atoms with Gasteiger partial charge < -0.3 is 10.1 Å². The molecule has 0 radical (unpaired) electrons. The minimum absolute atomic E-state index is 0.0184. The number of non-ortho nitro benzene ring substituents is 1. The van der Waals surface area contributed by atoms with E-state index < -0.39 is 22.7 Å². The lowest BCUT2D eigenvalue weighted by Gasteiger charge is -2.10. The Bertz CT molecular complexity index is 1220. The van der Waals surface area contributed by atoms with E-state index in [1.54, 1.807) is 12.1 Å². The SMILES string of the molecule is Cc1ccc(Oc2cc(NC(=O)CCn3nc(C(F)(F)F)cc3C3CC3)cc([N+](=O)[O-])c2)cc1. The number of nitro groups is 1. The number of ether oxygens (including phenoxy) is 1. The monoisotopic (exact) mass is 474 g/mol. The summed E-state index contributed by atoms with van der Waals surface area (Å²) in [6.07, 6.45) is -3.15. The van der Waals surface area contributed by atoms with Crippen LogP contribution in [-0.4, -0.2) is 20.6 Å². The molecule has 1 N–H and O–H groups in total. The number of benzene rings is 2. The molecule has 1 aliphatic carbocycles. The van der Waals surface area contributed by atoms with E-state index in [-0.39, 0.29) is 36.0 Å². The third-order valence-corrected chi connectivity index (χ3v) is 5.29. The van der Waals surface area contributed by atoms with Crippen molar-refractivity contribution in [3.05, 3.63) is 75.6 Å². The lowest BCUT2D eigenvalue weighted by atomic mass is 10.2. The average Bonchev–Trinajstić information content (AvgIpc) is 3.51. The summed E-state index contributed by atoms with van der Waals surface area (Å²) < 4.78 is 46.0. The maximum atomic E-state index is 13.0. The molecule has 1 fully saturated rings. The third-order valence-electron chi connectivity index (χ3n) is 5.29. The van der Waals surface area contributed by atoms with Crippen molar-refractivity contribution in [3.63, 3.8) is 0 Å². The van der Waals surface area contributed by atoms with E-state index in [0.29, 0.717) is 11.4 Å². The summed E-state index contributed by atoms with van der Waals surface area (Å²) in [6.45, 7) is 1.86. The molecular weight excluding hydrogens is 453 g/mol. The number of halogens is 3. The zero-order valence-electron chi connectivity index (χ0n) is 18.1. The van der Waals surface area contributed by atoms with Gasteiger partial charge >= 0.3 is 6.18 Å². The molecule has 2 aromatic carbocycles. The third kappa shape index (κ3) is 5.72. The van der Waals surface area contributed by atoms with E-state index >= 15 is 0 Å². The van der Waals surface area contributed by atoms with Crippen LogP contribution in [0.5, 0.6) is 11.5 Å². The maximum Gasteiger partial charge on any atom is 0.435 e. The van der Waals surface area contributed by atoms with Crippen LogP contribution in [0.1, 0.15) is 42.1 Å². The van der Waals surface area contributed by atoms with Gasteiger partial charge in [0.05, 0.1) is 16.7 Å². The first-order chi connectivity index (χ1) is 16.1. The number of nitro benzene ring substituents is 1. The number of amides is 1. The minimum Gasteiger partial charge on any atom is -0.457 e. The van der Waals surface area contributed by atoms with E-state index in [0.717, 1.165) is 24.5 Å². The molecule has 3 aromatic rings. The first-order valence-corrected chi connectivity index (χ1v) is 10.6. The number of aryl methyl sites for hydroxylation is 2. The molecule has 0 unspecified atom stereocenters. The molecule has 178 valence electrons. The first kappa shape index (κ1) is 23.3. The van der Waals surface area contributed by atoms with E-state index in [4.69, 9.17) is 4.74 Å². The lowest BCUT2D eigenvalue weighted by Crippen LogP contribution is -2.16. The van der Waals surface area contributed by atoms with Gasteiger partial charge in [0.25, 0.3) is 5.69 Å². The number of rotatable bonds is 8. The van der Waals surface area contributed by atoms with E-state index in [1.807, 2.05) is 19.1 Å². The van der Waals surface area contributed by atoms with Gasteiger partial charge in [0, 0.05) is 36.7 Å². The second kappa shape index (κ2) is 9.16. The number of carbonyl (C=O) groups excluding carboxylic acids is 1. The van der Waals surface area contributed by atoms with Crippen molar-refractivity contribution in [3.8, 4) is 11.5 Å². The Hall–Kier alpha value is -3.89. The number of nitrogens with zero attached hydrogens (tertiary/aromatic N) is 3. The van der Waals surface area contributed by atoms with Crippen molar-refractivity contribution in [1.29, 1.82) is 0 Å². The first-order valence-electron chi connectivity index (χ1n) is 10.6. The Kier molecular flexibility index (Phi) is 6.27. The van der Waals surface area contributed by atoms with Crippen LogP contribution in [-0.2, 0) is 17.5 Å². The molecule has 0 bridgehead atoms. The van der Waals surface area contributed by atoms with E-state index in [2.05, 4.69) is 10.4 Å². The zero-order chi connectivity index (χ0) is 24.5. The van der Waals surface area contributed by atoms with Crippen molar-refractivity contribution in [1.82, 2.24) is 9.78 Å². The van der Waals surface area contributed by atoms with Crippen LogP contribution in [0.3, 0.4) is 0 Å². The van der Waals surface area contributed by atoms with Gasteiger partial charge in [-0.3, -0.25) is 19.6 Å². The Balaban J connectivity index is 1.46. The van der Waals surface area contributed by atoms with E-state index in [1.165, 1.54) is 22.9 Å². The molecule has 8 nitrogen and oxygen atoms in total. The van der Waals surface area contributed by atoms with Crippen LogP contribution >= 0.6 is 0 Å². The summed E-state index contributed by atoms with van der Waals surface area (Å²) in [6, 6.07) is 12.0. The number of aromatic nitrogens is 2. The van der Waals surface area contributed by atoms with Crippen LogP contribution in [0.4, 0.5) is 24.5 Å². The summed E-state index contributed by atoms with van der Waals surface area (Å²) in [5.74, 6) is 0.124. The van der Waals surface area contributed by atoms with Gasteiger partial charge in [-0.1, -0.05) is 17.7 Å². The van der Waals surface area contributed by atoms with Crippen molar-refractivity contribution in [2.75, 3.05) is 5.32 Å². The van der Waals surface area contributed by atoms with Crippen LogP contribution in [0, 0.1) is 17.0 Å². The van der Waals surface area contributed by atoms with Crippen molar-refractivity contribution in [2.45, 2.75) is 44.8 Å². The second-order valence-electron chi connectivity index (χ2n) is 8.14. The molecule has 4 rings (SSSR count). The fourth-order valence-corrected chi connectivity index (χ4v) is 3.45. The predicted octanol–water partition coefficient (Wildman–Crippen LogP) is 5.82. The van der Waals surface area contributed by atoms with Crippen LogP contribution in [0.2, 0.25) is 0 Å². The van der Waals surface area contributed by atoms with Gasteiger partial charge in [-0.15, -0.1) is 0 Å². The van der Waals surface area contributed by atoms with Crippen LogP contribution in [0.15, 0.2) is 48.5 Å². The van der Waals surface area contributed by atoms with Crippen molar-refractivity contribution in [2.24, 2.45) is 0 Å². The standard InChI is InChI=1S/C23H21F3N4O4/c1-14-2-6-18(7-3-14)34-19-11-16(10-17(12-19)30(32)33)27-22(31)8-9-29-20(15-4-5-15)13-21(28-29)23(24,25)26/h2-3,6-7,10-13,15H,4-5,8-9H2,1H3,(H,27,31). The highest BCUT2D eigenvalue weighted by molar-refractivity contribution is 5.91. The Morgan fingerprint density at radius 1 is 1.18 bits per heavy atom. The Morgan fingerprint density at radius 2 is 1.88 bits per heavy atom. The highest BCUT2D eigenvalue weighted by atomic mass is 19.4. The molecule has 0 saturated heterocycles. The largest absolute Gasteiger partial charge is 0.457 e. The van der Waals surface area contributed by atoms with Gasteiger partial charge in [-0.05, 0) is 38.0 Å². The van der Waals surface area contributed by atoms with Gasteiger partial charge in [0.1, 0.15) is 11.5 Å². The molecule has 0 atom stereocenters. The summed E-state index contributed by atoms with van der Waals surface area (Å²) >= 11 is 0. The maximum absolute atomic E-state index is 13.0. The highest BCUT2D eigenvalue weighted by Crippen LogP contribution is 2.42. The van der Waals surface area contributed by atoms with Crippen LogP contribution < -0.4 is 10.1 Å². The smallest absolute Gasteiger partial charge is 0.435 e. The number of hydrogen-bond acceptors (Lipinski definition) is 5. The summed E-state index contributed by atoms with van der Waals surface area (Å²) in [5, 5.41) is 17.5. The summed E-state index contributed by atoms with van der Waals surface area (Å²) in [5.41, 5.74) is 0.359. The fraction of sp³-hybridized carbons (Fsp3) is 0.304. The molecule has 1 amide bonds. The van der Waals surface area contributed by atoms with Gasteiger partial charge in [0.2, 0.25) is 5.91 Å². The normalized spacial score (nSPS) is 13.5. The molecule has 1 aromatic heterocycles. The number of carbonyl (C=O) groups is 1. The number of anilines is 1. The molecule has 0 aliphatic heterocycles. The molecule has 34 heavy (non-hydrogen) atoms. The molecule has 11 heteroatoms. The Labute approximate surface area is 192 Å². The lowest BCUT2D eigenvalue weighted by molar-refractivity contribution is -0.384. The highest BCUT2D eigenvalue weighted by Gasteiger charge is 2.37. The van der Waals surface area contributed by atoms with Gasteiger partial charge in [0.15, 0.2) is 5.69 Å². The number of nitrogens with one attached hydrogen (secondary N) is 1. The van der Waals surface area contributed by atoms with Crippen molar-refractivity contribution >= 4 is 17.3 Å².